The predicted molar refractivity (Wildman–Crippen MR) is 79.2 cm³/mol. The Labute approximate surface area is 146 Å². The lowest BCUT2D eigenvalue weighted by atomic mass is 10.1. The van der Waals surface area contributed by atoms with Gasteiger partial charge in [0.25, 0.3) is 5.69 Å². The van der Waals surface area contributed by atoms with Crippen LogP contribution in [0.4, 0.5) is 5.69 Å². The summed E-state index contributed by atoms with van der Waals surface area (Å²) in [5.41, 5.74) is 3.24. The standard InChI is InChI=1S/C15H8N2O2S.ClHO4/c18-17(19)9-5-6-14-11(7-9)15-12(8-20-14)10-3-1-2-4-13(10)16-15;2-1(3,4)5/h1-8H;(H,2,3,4,5). The normalized spacial score (nSPS) is 11.5. The molecule has 0 radical (unpaired) electrons. The molecule has 8 nitrogen and oxygen atoms in total. The van der Waals surface area contributed by atoms with Crippen molar-refractivity contribution in [3.8, 4) is 11.3 Å². The molecule has 0 saturated heterocycles. The van der Waals surface area contributed by atoms with Gasteiger partial charge in [0.15, 0.2) is 0 Å². The smallest absolute Gasteiger partial charge is 0.258 e. The maximum absolute atomic E-state index is 11.0. The topological polar surface area (TPSA) is 150 Å². The molecule has 0 aromatic heterocycles. The molecular formula is C15H9ClN2O6S. The molecule has 0 unspecified atom stereocenters. The Bertz CT molecular complexity index is 1040. The molecule has 2 aliphatic rings. The van der Waals surface area contributed by atoms with Gasteiger partial charge in [-0.15, -0.1) is 21.6 Å². The number of para-hydroxylation sites is 1. The van der Waals surface area contributed by atoms with E-state index < -0.39 is 10.2 Å². The molecule has 2 aliphatic heterocycles. The van der Waals surface area contributed by atoms with Gasteiger partial charge in [0.1, 0.15) is 0 Å². The third-order valence-corrected chi connectivity index (χ3v) is 4.46. The van der Waals surface area contributed by atoms with Crippen LogP contribution in [-0.2, 0) is 0 Å². The van der Waals surface area contributed by atoms with Crippen molar-refractivity contribution < 1.29 is 38.8 Å². The number of fused-ring (bicyclic) bond motifs is 5. The van der Waals surface area contributed by atoms with Crippen molar-refractivity contribution in [3.05, 3.63) is 58.0 Å². The van der Waals surface area contributed by atoms with Gasteiger partial charge < -0.3 is 0 Å². The van der Waals surface area contributed by atoms with Crippen LogP contribution in [0.1, 0.15) is 0 Å². The van der Waals surface area contributed by atoms with E-state index in [1.54, 1.807) is 23.5 Å². The zero-order chi connectivity index (χ0) is 18.2. The Morgan fingerprint density at radius 3 is 2.36 bits per heavy atom. The van der Waals surface area contributed by atoms with Crippen molar-refractivity contribution in [1.82, 2.24) is 0 Å². The second-order valence-electron chi connectivity index (χ2n) is 5.01. The predicted octanol–water partition coefficient (Wildman–Crippen LogP) is -0.874. The highest BCUT2D eigenvalue weighted by atomic mass is 35.7. The van der Waals surface area contributed by atoms with Crippen LogP contribution in [0.15, 0.2) is 47.8 Å². The molecule has 4 rings (SSSR count). The van der Waals surface area contributed by atoms with Crippen molar-refractivity contribution >= 4 is 38.0 Å². The number of hydrogen-bond donors (Lipinski definition) is 0. The molecule has 0 saturated carbocycles. The first kappa shape index (κ1) is 17.4. The maximum atomic E-state index is 11.0. The van der Waals surface area contributed by atoms with Crippen LogP contribution < -0.4 is 23.6 Å². The molecule has 0 fully saturated rings. The number of rotatable bonds is 1. The van der Waals surface area contributed by atoms with Gasteiger partial charge in [-0.2, -0.15) is 0 Å². The molecule has 0 aliphatic carbocycles. The summed E-state index contributed by atoms with van der Waals surface area (Å²) in [5, 5.41) is 15.1. The van der Waals surface area contributed by atoms with Crippen LogP contribution in [0.25, 0.3) is 32.2 Å². The van der Waals surface area contributed by atoms with Crippen LogP contribution in [0, 0.1) is 20.4 Å². The summed E-state index contributed by atoms with van der Waals surface area (Å²) in [5.74, 6) is 0. The first-order chi connectivity index (χ1) is 11.7. The highest BCUT2D eigenvalue weighted by Crippen LogP contribution is 2.37. The van der Waals surface area contributed by atoms with E-state index >= 15 is 0 Å². The van der Waals surface area contributed by atoms with Crippen LogP contribution in [0.3, 0.4) is 0 Å². The third kappa shape index (κ3) is 3.82. The Hall–Kier alpha value is -2.40. The number of aromatic amines is 1. The SMILES string of the molecule is O=[N+]([O-])c1ccc2scc3c4ccccc4[nH+]c-3c2c1.[O-][Cl+3]([O-])([O-])[O-]. The monoisotopic (exact) mass is 380 g/mol. The minimum absolute atomic E-state index is 0.121. The molecule has 2 aromatic rings. The molecule has 0 amide bonds. The van der Waals surface area contributed by atoms with Crippen LogP contribution in [0.5, 0.6) is 0 Å². The molecule has 25 heavy (non-hydrogen) atoms. The number of nitro groups is 1. The molecular weight excluding hydrogens is 372 g/mol. The van der Waals surface area contributed by atoms with Crippen LogP contribution >= 0.6 is 11.3 Å². The second-order valence-corrected chi connectivity index (χ2v) is 6.68. The second kappa shape index (κ2) is 6.48. The van der Waals surface area contributed by atoms with Gasteiger partial charge in [-0.1, -0.05) is 12.1 Å². The number of halogens is 1. The van der Waals surface area contributed by atoms with Crippen LogP contribution in [0.2, 0.25) is 0 Å². The Kier molecular flexibility index (Phi) is 4.52. The summed E-state index contributed by atoms with van der Waals surface area (Å²) >= 11 is 1.60. The number of nitrogens with zero attached hydrogens (tertiary/aromatic N) is 1. The van der Waals surface area contributed by atoms with Gasteiger partial charge >= 0.3 is 0 Å². The summed E-state index contributed by atoms with van der Waals surface area (Å²) in [6.45, 7) is 0. The van der Waals surface area contributed by atoms with Gasteiger partial charge in [0.05, 0.1) is 21.3 Å². The molecule has 1 N–H and O–H groups in total. The molecule has 10 heteroatoms. The molecule has 0 bridgehead atoms. The number of H-pyrrole nitrogens is 1. The zero-order valence-corrected chi connectivity index (χ0v) is 13.9. The van der Waals surface area contributed by atoms with Gasteiger partial charge in [-0.25, -0.2) is 23.6 Å². The maximum Gasteiger partial charge on any atom is 0.270 e. The average molecular weight is 381 g/mol. The summed E-state index contributed by atoms with van der Waals surface area (Å²) in [7, 11) is -4.94. The lowest BCUT2D eigenvalue weighted by Crippen LogP contribution is -2.68. The van der Waals surface area contributed by atoms with Crippen molar-refractivity contribution in [2.24, 2.45) is 0 Å². The van der Waals surface area contributed by atoms with E-state index in [2.05, 4.69) is 16.4 Å². The molecule has 2 aromatic carbocycles. The molecule has 0 spiro atoms. The average Bonchev–Trinajstić information content (AvgIpc) is 2.92. The fourth-order valence-electron chi connectivity index (χ4n) is 2.55. The molecule has 0 atom stereocenters. The minimum atomic E-state index is -4.94. The Morgan fingerprint density at radius 2 is 1.68 bits per heavy atom. The van der Waals surface area contributed by atoms with E-state index in [4.69, 9.17) is 18.6 Å². The third-order valence-electron chi connectivity index (χ3n) is 3.49. The highest BCUT2D eigenvalue weighted by molar-refractivity contribution is 7.17. The fourth-order valence-corrected chi connectivity index (χ4v) is 3.47. The number of benzene rings is 2. The van der Waals surface area contributed by atoms with Gasteiger partial charge in [-0.05, 0) is 12.1 Å². The summed E-state index contributed by atoms with van der Waals surface area (Å²) in [6.07, 6.45) is 0. The van der Waals surface area contributed by atoms with Gasteiger partial charge in [0.2, 0.25) is 11.2 Å². The summed E-state index contributed by atoms with van der Waals surface area (Å²) in [4.78, 5) is 14.0. The van der Waals surface area contributed by atoms with Crippen molar-refractivity contribution in [3.63, 3.8) is 0 Å². The largest absolute Gasteiger partial charge is 0.270 e. The van der Waals surface area contributed by atoms with Crippen molar-refractivity contribution in [2.75, 3.05) is 0 Å². The van der Waals surface area contributed by atoms with E-state index in [0.717, 1.165) is 32.2 Å². The first-order valence-electron chi connectivity index (χ1n) is 6.75. The minimum Gasteiger partial charge on any atom is -0.258 e. The Morgan fingerprint density at radius 1 is 1.00 bits per heavy atom. The number of non-ortho nitro benzene ring substituents is 1. The zero-order valence-electron chi connectivity index (χ0n) is 12.3. The summed E-state index contributed by atoms with van der Waals surface area (Å²) < 4.78 is 35.0. The van der Waals surface area contributed by atoms with E-state index in [0.29, 0.717) is 0 Å². The molecule has 2 heterocycles. The fraction of sp³-hybridized carbons (Fsp3) is 0. The first-order valence-corrected chi connectivity index (χ1v) is 8.86. The Balaban J connectivity index is 0.000000324. The quantitative estimate of drug-likeness (QED) is 0.309. The number of aromatic nitrogens is 1. The van der Waals surface area contributed by atoms with Gasteiger partial charge in [0, 0.05) is 28.3 Å². The van der Waals surface area contributed by atoms with Crippen LogP contribution in [-0.4, -0.2) is 4.92 Å². The number of nitro benzene ring substituents is 1. The van der Waals surface area contributed by atoms with Gasteiger partial charge in [-0.3, -0.25) is 10.1 Å². The molecule has 128 valence electrons. The summed E-state index contributed by atoms with van der Waals surface area (Å²) in [6, 6.07) is 13.1. The highest BCUT2D eigenvalue weighted by Gasteiger charge is 2.22. The van der Waals surface area contributed by atoms with E-state index in [1.165, 1.54) is 0 Å². The van der Waals surface area contributed by atoms with Crippen molar-refractivity contribution in [2.45, 2.75) is 0 Å². The lowest BCUT2D eigenvalue weighted by molar-refractivity contribution is -2.00. The van der Waals surface area contributed by atoms with E-state index in [-0.39, 0.29) is 10.6 Å². The number of nitrogens with one attached hydrogen (secondary N) is 1. The van der Waals surface area contributed by atoms with E-state index in [9.17, 15) is 10.1 Å². The van der Waals surface area contributed by atoms with Crippen molar-refractivity contribution in [1.29, 1.82) is 0 Å². The lowest BCUT2D eigenvalue weighted by Gasteiger charge is -2.17. The number of hydrogen-bond acceptors (Lipinski definition) is 7. The van der Waals surface area contributed by atoms with E-state index in [1.807, 2.05) is 24.3 Å².